The first-order chi connectivity index (χ1) is 23.8. The Morgan fingerprint density at radius 1 is 1.02 bits per heavy atom. The third-order valence-electron chi connectivity index (χ3n) is 8.53. The van der Waals surface area contributed by atoms with Gasteiger partial charge in [0.05, 0.1) is 29.6 Å². The number of amides is 6. The molecule has 7 N–H and O–H groups in total. The number of nitrogens with zero attached hydrogens (tertiary/aromatic N) is 2. The molecule has 6 amide bonds. The number of para-hydroxylation sites is 1. The van der Waals surface area contributed by atoms with Crippen LogP contribution in [0.5, 0.6) is 0 Å². The molecular formula is C33H30I3N7O7. The minimum atomic E-state index is -1.06. The number of amidine groups is 1. The van der Waals surface area contributed by atoms with Crippen LogP contribution in [0.4, 0.5) is 11.4 Å². The van der Waals surface area contributed by atoms with E-state index in [1.54, 1.807) is 24.3 Å². The zero-order chi connectivity index (χ0) is 36.4. The lowest BCUT2D eigenvalue weighted by Crippen LogP contribution is -2.54. The molecule has 0 saturated heterocycles. The second kappa shape index (κ2) is 15.7. The zero-order valence-electron chi connectivity index (χ0n) is 26.3. The normalized spacial score (nSPS) is 16.2. The molecule has 14 nitrogen and oxygen atoms in total. The van der Waals surface area contributed by atoms with E-state index in [-0.39, 0.29) is 65.1 Å². The summed E-state index contributed by atoms with van der Waals surface area (Å²) < 4.78 is 0.733. The maximum atomic E-state index is 14.3. The smallest absolute Gasteiger partial charge is 0.259 e. The number of nitrogen functional groups attached to an aromatic ring is 1. The summed E-state index contributed by atoms with van der Waals surface area (Å²) in [4.78, 5) is 81.5. The SMILES string of the molecule is CN(C(=O)CO)c1c(I)c(C(=O)NC=O)c(I)c(C(=O)NC2CCc3cccc4c3N(C2=O)C(C(=O)NCc2ccc(C(=N)N)cc2)C4)c1I. The van der Waals surface area contributed by atoms with Crippen LogP contribution in [-0.4, -0.2) is 72.6 Å². The summed E-state index contributed by atoms with van der Waals surface area (Å²) in [5, 5.41) is 24.9. The molecule has 3 aromatic carbocycles. The van der Waals surface area contributed by atoms with Crippen molar-refractivity contribution in [2.45, 2.75) is 37.9 Å². The van der Waals surface area contributed by atoms with Crippen LogP contribution in [-0.2, 0) is 38.6 Å². The van der Waals surface area contributed by atoms with E-state index in [1.165, 1.54) is 11.9 Å². The van der Waals surface area contributed by atoms with Gasteiger partial charge in [0.2, 0.25) is 18.2 Å². The number of halogens is 3. The number of carbonyl (C=O) groups is 6. The maximum absolute atomic E-state index is 14.3. The number of aryl methyl sites for hydroxylation is 1. The Balaban J connectivity index is 1.46. The van der Waals surface area contributed by atoms with E-state index in [0.717, 1.165) is 21.6 Å². The average molecular weight is 1020 g/mol. The number of carbonyl (C=O) groups excluding carboxylic acids is 6. The van der Waals surface area contributed by atoms with Gasteiger partial charge in [0.15, 0.2) is 0 Å². The largest absolute Gasteiger partial charge is 0.387 e. The zero-order valence-corrected chi connectivity index (χ0v) is 32.8. The Morgan fingerprint density at radius 3 is 2.28 bits per heavy atom. The molecule has 17 heteroatoms. The summed E-state index contributed by atoms with van der Waals surface area (Å²) in [6, 6.07) is 10.6. The quantitative estimate of drug-likeness (QED) is 0.0763. The van der Waals surface area contributed by atoms with Gasteiger partial charge in [-0.1, -0.05) is 42.5 Å². The van der Waals surface area contributed by atoms with Crippen LogP contribution in [0.1, 0.15) is 49.4 Å². The Bertz CT molecular complexity index is 1950. The second-order valence-electron chi connectivity index (χ2n) is 11.5. The molecule has 2 heterocycles. The van der Waals surface area contributed by atoms with Crippen LogP contribution >= 0.6 is 67.8 Å². The standard InChI is InChI=1S/C33H30I3N7O7/c1-42(21(46)13-44)28-25(35)22(31(48)40-14-45)24(34)23(26(28)36)32(49)41-19-10-9-16-3-2-4-18-11-20(43(27(16)18)33(19)50)30(47)39-12-15-5-7-17(8-6-15)29(37)38/h2-8,14,19-20,44H,9-13H2,1H3,(H3,37,38)(H,39,47)(H,41,49)(H,40,45,48). The number of likely N-dealkylation sites (N-methyl/N-ethyl adjacent to an activating group) is 1. The number of hydrogen-bond donors (Lipinski definition) is 6. The molecule has 0 aromatic heterocycles. The van der Waals surface area contributed by atoms with Gasteiger partial charge >= 0.3 is 0 Å². The Morgan fingerprint density at radius 2 is 1.66 bits per heavy atom. The number of benzene rings is 3. The number of nitrogens with two attached hydrogens (primary N) is 1. The van der Waals surface area contributed by atoms with Gasteiger partial charge in [-0.25, -0.2) is 0 Å². The van der Waals surface area contributed by atoms with Gasteiger partial charge in [0.1, 0.15) is 24.5 Å². The van der Waals surface area contributed by atoms with E-state index in [0.29, 0.717) is 17.7 Å². The summed E-state index contributed by atoms with van der Waals surface area (Å²) in [6.45, 7) is -0.653. The average Bonchev–Trinajstić information content (AvgIpc) is 3.42. The molecule has 2 atom stereocenters. The molecule has 0 aliphatic carbocycles. The van der Waals surface area contributed by atoms with Crippen molar-refractivity contribution < 1.29 is 33.9 Å². The van der Waals surface area contributed by atoms with Crippen LogP contribution in [0, 0.1) is 16.1 Å². The second-order valence-corrected chi connectivity index (χ2v) is 14.7. The fourth-order valence-electron chi connectivity index (χ4n) is 6.01. The summed E-state index contributed by atoms with van der Waals surface area (Å²) in [5.41, 5.74) is 9.36. The molecule has 5 rings (SSSR count). The van der Waals surface area contributed by atoms with Gasteiger partial charge in [-0.2, -0.15) is 0 Å². The molecule has 0 fully saturated rings. The highest BCUT2D eigenvalue weighted by Crippen LogP contribution is 2.40. The van der Waals surface area contributed by atoms with Crippen LogP contribution in [0.3, 0.4) is 0 Å². The molecule has 50 heavy (non-hydrogen) atoms. The van der Waals surface area contributed by atoms with Crippen molar-refractivity contribution in [1.29, 1.82) is 5.41 Å². The molecule has 2 aliphatic rings. The summed E-state index contributed by atoms with van der Waals surface area (Å²) in [7, 11) is 1.39. The predicted octanol–water partition coefficient (Wildman–Crippen LogP) is 1.94. The fourth-order valence-corrected chi connectivity index (χ4v) is 10.9. The topological polar surface area (TPSA) is 215 Å². The van der Waals surface area contributed by atoms with Crippen molar-refractivity contribution in [2.75, 3.05) is 23.5 Å². The first-order valence-electron chi connectivity index (χ1n) is 15.1. The minimum absolute atomic E-state index is 0.00277. The van der Waals surface area contributed by atoms with Crippen LogP contribution in [0.25, 0.3) is 0 Å². The summed E-state index contributed by atoms with van der Waals surface area (Å²) in [6.07, 6.45) is 1.14. The molecule has 2 aliphatic heterocycles. The highest BCUT2D eigenvalue weighted by molar-refractivity contribution is 14.1. The third-order valence-corrected chi connectivity index (χ3v) is 11.7. The summed E-state index contributed by atoms with van der Waals surface area (Å²) in [5.74, 6) is -3.14. The van der Waals surface area contributed by atoms with Crippen LogP contribution in [0.15, 0.2) is 42.5 Å². The lowest BCUT2D eigenvalue weighted by atomic mass is 10.0. The Kier molecular flexibility index (Phi) is 11.8. The van der Waals surface area contributed by atoms with Gasteiger partial charge < -0.3 is 26.4 Å². The number of imide groups is 1. The predicted molar refractivity (Wildman–Crippen MR) is 209 cm³/mol. The van der Waals surface area contributed by atoms with E-state index in [1.807, 2.05) is 86.0 Å². The first-order valence-corrected chi connectivity index (χ1v) is 18.3. The van der Waals surface area contributed by atoms with Crippen molar-refractivity contribution in [1.82, 2.24) is 16.0 Å². The summed E-state index contributed by atoms with van der Waals surface area (Å²) >= 11 is 5.55. The monoisotopic (exact) mass is 1020 g/mol. The minimum Gasteiger partial charge on any atom is -0.387 e. The molecule has 0 bridgehead atoms. The maximum Gasteiger partial charge on any atom is 0.259 e. The van der Waals surface area contributed by atoms with Crippen LogP contribution < -0.4 is 31.5 Å². The van der Waals surface area contributed by atoms with Crippen molar-refractivity contribution in [3.05, 3.63) is 86.6 Å². The number of aliphatic hydroxyl groups excluding tert-OH is 1. The van der Waals surface area contributed by atoms with E-state index in [4.69, 9.17) is 11.1 Å². The van der Waals surface area contributed by atoms with Gasteiger partial charge in [-0.3, -0.25) is 44.4 Å². The molecule has 260 valence electrons. The highest BCUT2D eigenvalue weighted by Gasteiger charge is 2.44. The third kappa shape index (κ3) is 7.21. The molecule has 0 saturated carbocycles. The lowest BCUT2D eigenvalue weighted by Gasteiger charge is -2.28. The van der Waals surface area contributed by atoms with Gasteiger partial charge in [0.25, 0.3) is 17.7 Å². The Labute approximate surface area is 327 Å². The van der Waals surface area contributed by atoms with Gasteiger partial charge in [0, 0.05) is 29.1 Å². The van der Waals surface area contributed by atoms with E-state index in [2.05, 4.69) is 16.0 Å². The molecule has 0 radical (unpaired) electrons. The number of anilines is 2. The molecule has 3 aromatic rings. The van der Waals surface area contributed by atoms with Crippen molar-refractivity contribution >= 4 is 121 Å². The van der Waals surface area contributed by atoms with E-state index < -0.39 is 42.3 Å². The lowest BCUT2D eigenvalue weighted by molar-refractivity contribution is -0.127. The number of aliphatic hydroxyl groups is 1. The number of rotatable bonds is 10. The van der Waals surface area contributed by atoms with Crippen LogP contribution in [0.2, 0.25) is 0 Å². The van der Waals surface area contributed by atoms with Gasteiger partial charge in [-0.15, -0.1) is 0 Å². The van der Waals surface area contributed by atoms with Crippen molar-refractivity contribution in [3.8, 4) is 0 Å². The highest BCUT2D eigenvalue weighted by atomic mass is 127. The van der Waals surface area contributed by atoms with E-state index in [9.17, 15) is 33.9 Å². The van der Waals surface area contributed by atoms with E-state index >= 15 is 0 Å². The Hall–Kier alpha value is -3.70. The fraction of sp³-hybridized carbons (Fsp3) is 0.242. The van der Waals surface area contributed by atoms with Crippen molar-refractivity contribution in [2.24, 2.45) is 5.73 Å². The van der Waals surface area contributed by atoms with Crippen molar-refractivity contribution in [3.63, 3.8) is 0 Å². The molecular weight excluding hydrogens is 987 g/mol. The van der Waals surface area contributed by atoms with Gasteiger partial charge in [-0.05, 0) is 97.3 Å². The number of nitrogens with one attached hydrogen (secondary N) is 4. The molecule has 2 unspecified atom stereocenters. The molecule has 0 spiro atoms. The number of hydrogen-bond acceptors (Lipinski definition) is 8. The first kappa shape index (κ1) is 37.6.